The summed E-state index contributed by atoms with van der Waals surface area (Å²) in [6, 6.07) is 25.6. The molecule has 3 aromatic carbocycles. The molecule has 37 heavy (non-hydrogen) atoms. The van der Waals surface area contributed by atoms with Gasteiger partial charge in [-0.15, -0.1) is 0 Å². The second-order valence-electron chi connectivity index (χ2n) is 8.99. The summed E-state index contributed by atoms with van der Waals surface area (Å²) in [6.45, 7) is 2.20. The summed E-state index contributed by atoms with van der Waals surface area (Å²) in [5.41, 5.74) is 3.65. The summed E-state index contributed by atoms with van der Waals surface area (Å²) in [6.07, 6.45) is 0.564. The number of benzene rings is 3. The molecule has 0 N–H and O–H groups in total. The van der Waals surface area contributed by atoms with Crippen LogP contribution in [0.15, 0.2) is 89.5 Å². The smallest absolute Gasteiger partial charge is 0.263 e. The zero-order valence-corrected chi connectivity index (χ0v) is 20.0. The Balaban J connectivity index is 1.33. The van der Waals surface area contributed by atoms with E-state index in [1.807, 2.05) is 60.7 Å². The number of hydrogen-bond acceptors (Lipinski definition) is 6. The van der Waals surface area contributed by atoms with Gasteiger partial charge >= 0.3 is 0 Å². The SMILES string of the molecule is O=C(c1ccc(F)cc1)N1CCN(c2nc(Cc3ccccc3)nc3onc(-c4ccccc4)c23)CC1. The molecule has 5 aromatic rings. The molecule has 1 amide bonds. The molecule has 2 aromatic heterocycles. The monoisotopic (exact) mass is 493 g/mol. The number of fused-ring (bicyclic) bond motifs is 1. The van der Waals surface area contributed by atoms with Gasteiger partial charge in [-0.1, -0.05) is 65.8 Å². The summed E-state index contributed by atoms with van der Waals surface area (Å²) in [4.78, 5) is 26.6. The molecule has 1 aliphatic heterocycles. The molecule has 0 spiro atoms. The fraction of sp³-hybridized carbons (Fsp3) is 0.172. The van der Waals surface area contributed by atoms with E-state index in [0.29, 0.717) is 55.4 Å². The maximum absolute atomic E-state index is 13.3. The first kappa shape index (κ1) is 22.8. The van der Waals surface area contributed by atoms with E-state index in [1.54, 1.807) is 4.90 Å². The number of carbonyl (C=O) groups excluding carboxylic acids is 1. The Hall–Kier alpha value is -4.59. The van der Waals surface area contributed by atoms with Crippen molar-refractivity contribution < 1.29 is 13.7 Å². The van der Waals surface area contributed by atoms with E-state index in [9.17, 15) is 9.18 Å². The first-order valence-corrected chi connectivity index (χ1v) is 12.2. The number of aromatic nitrogens is 3. The standard InChI is InChI=1S/C29H24FN5O2/c30-23-13-11-22(12-14-23)29(36)35-17-15-34(16-18-35)27-25-26(21-9-5-2-6-10-21)33-37-28(25)32-24(31-27)19-20-7-3-1-4-8-20/h1-14H,15-19H2. The number of amides is 1. The molecule has 8 heteroatoms. The number of anilines is 1. The number of nitrogens with zero attached hydrogens (tertiary/aromatic N) is 5. The van der Waals surface area contributed by atoms with Crippen LogP contribution in [0.5, 0.6) is 0 Å². The highest BCUT2D eigenvalue weighted by Gasteiger charge is 2.27. The Morgan fingerprint density at radius 3 is 2.22 bits per heavy atom. The quantitative estimate of drug-likeness (QED) is 0.344. The highest BCUT2D eigenvalue weighted by Crippen LogP contribution is 2.34. The maximum Gasteiger partial charge on any atom is 0.263 e. The van der Waals surface area contributed by atoms with Crippen LogP contribution in [0.1, 0.15) is 21.7 Å². The van der Waals surface area contributed by atoms with Gasteiger partial charge in [-0.25, -0.2) is 9.37 Å². The summed E-state index contributed by atoms with van der Waals surface area (Å²) in [5.74, 6) is 0.940. The topological polar surface area (TPSA) is 75.4 Å². The van der Waals surface area contributed by atoms with Gasteiger partial charge in [0, 0.05) is 43.7 Å². The number of carbonyl (C=O) groups is 1. The van der Waals surface area contributed by atoms with Crippen LogP contribution in [-0.4, -0.2) is 52.1 Å². The molecule has 6 rings (SSSR count). The van der Waals surface area contributed by atoms with Gasteiger partial charge in [0.1, 0.15) is 28.5 Å². The van der Waals surface area contributed by atoms with Crippen LogP contribution >= 0.6 is 0 Å². The predicted molar refractivity (Wildman–Crippen MR) is 139 cm³/mol. The van der Waals surface area contributed by atoms with Gasteiger partial charge in [-0.05, 0) is 29.8 Å². The van der Waals surface area contributed by atoms with E-state index >= 15 is 0 Å². The van der Waals surface area contributed by atoms with E-state index in [1.165, 1.54) is 24.3 Å². The molecule has 184 valence electrons. The Kier molecular flexibility index (Phi) is 6.06. The number of hydrogen-bond donors (Lipinski definition) is 0. The largest absolute Gasteiger partial charge is 0.352 e. The van der Waals surface area contributed by atoms with Gasteiger partial charge in [-0.3, -0.25) is 4.79 Å². The molecular formula is C29H24FN5O2. The van der Waals surface area contributed by atoms with Crippen molar-refractivity contribution in [1.29, 1.82) is 0 Å². The van der Waals surface area contributed by atoms with Crippen LogP contribution in [-0.2, 0) is 6.42 Å². The highest BCUT2D eigenvalue weighted by atomic mass is 19.1. The van der Waals surface area contributed by atoms with Crippen molar-refractivity contribution in [1.82, 2.24) is 20.0 Å². The Bertz CT molecular complexity index is 1530. The minimum Gasteiger partial charge on any atom is -0.352 e. The first-order valence-electron chi connectivity index (χ1n) is 12.2. The van der Waals surface area contributed by atoms with Gasteiger partial charge in [0.2, 0.25) is 0 Å². The Morgan fingerprint density at radius 2 is 1.51 bits per heavy atom. The van der Waals surface area contributed by atoms with Gasteiger partial charge in [0.05, 0.1) is 0 Å². The minimum absolute atomic E-state index is 0.104. The second-order valence-corrected chi connectivity index (χ2v) is 8.99. The van der Waals surface area contributed by atoms with Gasteiger partial charge in [0.25, 0.3) is 11.6 Å². The molecule has 0 radical (unpaired) electrons. The zero-order chi connectivity index (χ0) is 25.2. The third-order valence-electron chi connectivity index (χ3n) is 6.57. The van der Waals surface area contributed by atoms with E-state index in [4.69, 9.17) is 14.5 Å². The lowest BCUT2D eigenvalue weighted by atomic mass is 10.1. The third-order valence-corrected chi connectivity index (χ3v) is 6.57. The summed E-state index contributed by atoms with van der Waals surface area (Å²) in [5, 5.41) is 5.12. The Labute approximate surface area is 213 Å². The average Bonchev–Trinajstić information content (AvgIpc) is 3.38. The summed E-state index contributed by atoms with van der Waals surface area (Å²) < 4.78 is 19.0. The van der Waals surface area contributed by atoms with Gasteiger partial charge in [0.15, 0.2) is 0 Å². The predicted octanol–water partition coefficient (Wildman–Crippen LogP) is 4.98. The fourth-order valence-electron chi connectivity index (χ4n) is 4.66. The molecule has 0 unspecified atom stereocenters. The van der Waals surface area contributed by atoms with Crippen molar-refractivity contribution in [2.75, 3.05) is 31.1 Å². The molecule has 1 aliphatic rings. The van der Waals surface area contributed by atoms with Crippen LogP contribution in [0.2, 0.25) is 0 Å². The lowest BCUT2D eigenvalue weighted by molar-refractivity contribution is 0.0746. The molecule has 0 atom stereocenters. The summed E-state index contributed by atoms with van der Waals surface area (Å²) >= 11 is 0. The Morgan fingerprint density at radius 1 is 0.838 bits per heavy atom. The molecule has 3 heterocycles. The van der Waals surface area contributed by atoms with Gasteiger partial charge < -0.3 is 14.3 Å². The lowest BCUT2D eigenvalue weighted by Gasteiger charge is -2.35. The summed E-state index contributed by atoms with van der Waals surface area (Å²) in [7, 11) is 0. The van der Waals surface area contributed by atoms with Crippen LogP contribution < -0.4 is 4.90 Å². The molecular weight excluding hydrogens is 469 g/mol. The molecule has 0 aliphatic carbocycles. The normalized spacial score (nSPS) is 13.8. The van der Waals surface area contributed by atoms with Crippen LogP contribution in [0, 0.1) is 5.82 Å². The van der Waals surface area contributed by atoms with Crippen molar-refractivity contribution in [2.24, 2.45) is 0 Å². The highest BCUT2D eigenvalue weighted by molar-refractivity contribution is 5.98. The maximum atomic E-state index is 13.3. The van der Waals surface area contributed by atoms with Crippen molar-refractivity contribution in [3.8, 4) is 11.3 Å². The molecule has 1 fully saturated rings. The van der Waals surface area contributed by atoms with E-state index in [-0.39, 0.29) is 11.7 Å². The number of halogens is 1. The molecule has 1 saturated heterocycles. The lowest BCUT2D eigenvalue weighted by Crippen LogP contribution is -2.49. The van der Waals surface area contributed by atoms with E-state index in [0.717, 1.165) is 22.3 Å². The first-order chi connectivity index (χ1) is 18.2. The van der Waals surface area contributed by atoms with Crippen molar-refractivity contribution in [3.63, 3.8) is 0 Å². The zero-order valence-electron chi connectivity index (χ0n) is 20.0. The fourth-order valence-corrected chi connectivity index (χ4v) is 4.66. The van der Waals surface area contributed by atoms with Crippen LogP contribution in [0.25, 0.3) is 22.4 Å². The molecule has 0 bridgehead atoms. The van der Waals surface area contributed by atoms with Crippen molar-refractivity contribution in [3.05, 3.63) is 108 Å². The molecule has 0 saturated carbocycles. The number of piperazine rings is 1. The number of rotatable bonds is 5. The van der Waals surface area contributed by atoms with Gasteiger partial charge in [-0.2, -0.15) is 4.98 Å². The van der Waals surface area contributed by atoms with Crippen molar-refractivity contribution >= 4 is 22.8 Å². The van der Waals surface area contributed by atoms with Crippen LogP contribution in [0.3, 0.4) is 0 Å². The minimum atomic E-state index is -0.358. The third kappa shape index (κ3) is 4.65. The van der Waals surface area contributed by atoms with E-state index in [2.05, 4.69) is 10.1 Å². The van der Waals surface area contributed by atoms with E-state index < -0.39 is 0 Å². The van der Waals surface area contributed by atoms with Crippen molar-refractivity contribution in [2.45, 2.75) is 6.42 Å². The molecule has 7 nitrogen and oxygen atoms in total. The van der Waals surface area contributed by atoms with Crippen LogP contribution in [0.4, 0.5) is 10.2 Å². The second kappa shape index (κ2) is 9.81. The average molecular weight is 494 g/mol.